The molecule has 13 nitrogen and oxygen atoms in total. The lowest BCUT2D eigenvalue weighted by molar-refractivity contribution is 0.0942. The van der Waals surface area contributed by atoms with Gasteiger partial charge in [-0.3, -0.25) is 9.32 Å². The predicted molar refractivity (Wildman–Crippen MR) is 149 cm³/mol. The summed E-state index contributed by atoms with van der Waals surface area (Å²) < 4.78 is 45.0. The van der Waals surface area contributed by atoms with Gasteiger partial charge in [0.05, 0.1) is 22.1 Å². The molecule has 0 radical (unpaired) electrons. The zero-order chi connectivity index (χ0) is 29.7. The fourth-order valence-corrected chi connectivity index (χ4v) is 6.57. The Morgan fingerprint density at radius 2 is 1.90 bits per heavy atom. The van der Waals surface area contributed by atoms with Gasteiger partial charge in [-0.05, 0) is 43.3 Å². The first-order valence-corrected chi connectivity index (χ1v) is 15.5. The van der Waals surface area contributed by atoms with Crippen molar-refractivity contribution in [2.75, 3.05) is 0 Å². The number of hydrogen-bond acceptors (Lipinski definition) is 8. The van der Waals surface area contributed by atoms with E-state index < -0.39 is 30.3 Å². The molecule has 0 atom stereocenters. The van der Waals surface area contributed by atoms with E-state index in [9.17, 15) is 17.8 Å². The van der Waals surface area contributed by atoms with Gasteiger partial charge in [-0.15, -0.1) is 0 Å². The number of nitrogens with zero attached hydrogens (tertiary/aromatic N) is 5. The fourth-order valence-electron chi connectivity index (χ4n) is 4.22. The number of hydrogen-bond donors (Lipinski definition) is 3. The lowest BCUT2D eigenvalue weighted by Crippen LogP contribution is -2.25. The molecule has 0 spiro atoms. The minimum atomic E-state index is -4.73. The molecule has 0 aliphatic carbocycles. The van der Waals surface area contributed by atoms with Crippen LogP contribution in [0.5, 0.6) is 0 Å². The lowest BCUT2D eigenvalue weighted by atomic mass is 10.1. The maximum Gasteiger partial charge on any atom is 0.471 e. The van der Waals surface area contributed by atoms with E-state index in [1.165, 1.54) is 42.1 Å². The van der Waals surface area contributed by atoms with E-state index in [1.54, 1.807) is 25.3 Å². The van der Waals surface area contributed by atoms with Crippen LogP contribution in [0.4, 0.5) is 0 Å². The second-order valence-corrected chi connectivity index (χ2v) is 12.8. The number of halogens is 2. The van der Waals surface area contributed by atoms with Crippen LogP contribution in [0.2, 0.25) is 10.2 Å². The van der Waals surface area contributed by atoms with Crippen LogP contribution in [0.1, 0.15) is 21.9 Å². The minimum Gasteiger partial charge on any atom is -0.347 e. The number of aromatic nitrogens is 5. The Balaban J connectivity index is 1.41. The number of carbonyl (C=O) groups is 1. The highest BCUT2D eigenvalue weighted by Gasteiger charge is 2.28. The Morgan fingerprint density at radius 1 is 1.15 bits per heavy atom. The van der Waals surface area contributed by atoms with Crippen molar-refractivity contribution in [3.8, 4) is 0 Å². The summed E-state index contributed by atoms with van der Waals surface area (Å²) >= 11 is 12.8. The average Bonchev–Trinajstić information content (AvgIpc) is 3.46. The number of rotatable bonds is 8. The largest absolute Gasteiger partial charge is 0.471 e. The van der Waals surface area contributed by atoms with Crippen LogP contribution in [0.25, 0.3) is 21.8 Å². The van der Waals surface area contributed by atoms with Crippen molar-refractivity contribution in [2.45, 2.75) is 30.0 Å². The van der Waals surface area contributed by atoms with Gasteiger partial charge < -0.3 is 19.7 Å². The quantitative estimate of drug-likeness (QED) is 0.212. The summed E-state index contributed by atoms with van der Waals surface area (Å²) in [4.78, 5) is 39.2. The Morgan fingerprint density at radius 3 is 2.63 bits per heavy atom. The zero-order valence-corrected chi connectivity index (χ0v) is 24.5. The van der Waals surface area contributed by atoms with Gasteiger partial charge in [0.2, 0.25) is 9.84 Å². The van der Waals surface area contributed by atoms with E-state index in [-0.39, 0.29) is 27.2 Å². The SMILES string of the molecule is Cc1ncc2c(CNC(=O)c3cc(S(=O)(=O)c4ccc5c(cnn5COP(=O)(O)O)c4)c(Cl)n3C)c(Cl)ccc2n1. The standard InChI is InChI=1S/C24H21Cl2N6O7PS/c1-13-27-11-17-16(18(25)4-5-19(17)30-13)10-28-24(33)21-8-22(23(26)31(21)2)41(37,38)15-3-6-20-14(7-15)9-29-32(20)12-39-40(34,35)36/h3-9,11H,10,12H2,1-2H3,(H,28,33)(H2,34,35,36). The average molecular weight is 639 g/mol. The van der Waals surface area contributed by atoms with Crippen LogP contribution in [-0.4, -0.2) is 48.4 Å². The van der Waals surface area contributed by atoms with E-state index in [0.717, 1.165) is 4.68 Å². The maximum atomic E-state index is 13.5. The molecular weight excluding hydrogens is 618 g/mol. The molecule has 0 bridgehead atoms. The molecule has 17 heteroatoms. The number of fused-ring (bicyclic) bond motifs is 2. The number of benzene rings is 2. The van der Waals surface area contributed by atoms with Gasteiger partial charge in [0.1, 0.15) is 21.6 Å². The van der Waals surface area contributed by atoms with Crippen molar-refractivity contribution >= 4 is 68.6 Å². The summed E-state index contributed by atoms with van der Waals surface area (Å²) in [7, 11) is -7.46. The van der Waals surface area contributed by atoms with Crippen LogP contribution in [0.3, 0.4) is 0 Å². The van der Waals surface area contributed by atoms with Crippen LogP contribution in [0, 0.1) is 6.92 Å². The third kappa shape index (κ3) is 5.72. The first kappa shape index (κ1) is 29.1. The van der Waals surface area contributed by atoms with Crippen LogP contribution in [-0.2, 0) is 39.2 Å². The molecule has 3 heterocycles. The van der Waals surface area contributed by atoms with Crippen LogP contribution >= 0.6 is 31.0 Å². The summed E-state index contributed by atoms with van der Waals surface area (Å²) in [5.74, 6) is 0.00244. The first-order valence-electron chi connectivity index (χ1n) is 11.7. The highest BCUT2D eigenvalue weighted by molar-refractivity contribution is 7.91. The Bertz CT molecular complexity index is 2000. The van der Waals surface area contributed by atoms with Crippen molar-refractivity contribution in [3.63, 3.8) is 0 Å². The van der Waals surface area contributed by atoms with Crippen molar-refractivity contribution in [3.05, 3.63) is 76.0 Å². The molecular formula is C24H21Cl2N6O7PS. The van der Waals surface area contributed by atoms with Gasteiger partial charge in [-0.25, -0.2) is 27.6 Å². The number of aryl methyl sites for hydroxylation is 1. The van der Waals surface area contributed by atoms with E-state index >= 15 is 0 Å². The predicted octanol–water partition coefficient (Wildman–Crippen LogP) is 3.76. The molecule has 0 unspecified atom stereocenters. The summed E-state index contributed by atoms with van der Waals surface area (Å²) in [6.07, 6.45) is 2.95. The Hall–Kier alpha value is -3.36. The van der Waals surface area contributed by atoms with Crippen molar-refractivity contribution in [1.82, 2.24) is 29.6 Å². The second-order valence-electron chi connectivity index (χ2n) is 8.92. The van der Waals surface area contributed by atoms with Crippen molar-refractivity contribution in [2.24, 2.45) is 7.05 Å². The fraction of sp³-hybridized carbons (Fsp3) is 0.167. The molecule has 0 saturated carbocycles. The summed E-state index contributed by atoms with van der Waals surface area (Å²) in [5.41, 5.74) is 1.65. The van der Waals surface area contributed by atoms with E-state index in [1.807, 2.05) is 0 Å². The number of carbonyl (C=O) groups excluding carboxylic acids is 1. The molecule has 214 valence electrons. The number of nitrogens with one attached hydrogen (secondary N) is 1. The lowest BCUT2D eigenvalue weighted by Gasteiger charge is -2.11. The maximum absolute atomic E-state index is 13.5. The summed E-state index contributed by atoms with van der Waals surface area (Å²) in [5, 5.41) is 8.01. The highest BCUT2D eigenvalue weighted by Crippen LogP contribution is 2.37. The monoisotopic (exact) mass is 638 g/mol. The summed E-state index contributed by atoms with van der Waals surface area (Å²) in [6, 6.07) is 8.66. The normalized spacial score (nSPS) is 12.3. The number of amides is 1. The molecule has 1 amide bonds. The zero-order valence-electron chi connectivity index (χ0n) is 21.3. The molecule has 0 aliphatic rings. The molecule has 0 fully saturated rings. The molecule has 0 saturated heterocycles. The molecule has 3 aromatic heterocycles. The van der Waals surface area contributed by atoms with Crippen LogP contribution in [0.15, 0.2) is 58.6 Å². The third-order valence-corrected chi connectivity index (χ3v) is 9.43. The third-order valence-electron chi connectivity index (χ3n) is 6.29. The molecule has 2 aromatic carbocycles. The topological polar surface area (TPSA) is 179 Å². The van der Waals surface area contributed by atoms with E-state index in [2.05, 4.69) is 24.9 Å². The molecule has 5 rings (SSSR count). The smallest absolute Gasteiger partial charge is 0.347 e. The van der Waals surface area contributed by atoms with Gasteiger partial charge in [-0.2, -0.15) is 5.10 Å². The second kappa shape index (κ2) is 10.8. The molecule has 3 N–H and O–H groups in total. The Labute approximate surface area is 242 Å². The number of sulfone groups is 1. The summed E-state index contributed by atoms with van der Waals surface area (Å²) in [6.45, 7) is 1.24. The molecule has 0 aliphatic heterocycles. The minimum absolute atomic E-state index is 0.000474. The first-order chi connectivity index (χ1) is 19.3. The van der Waals surface area contributed by atoms with Gasteiger partial charge in [0, 0.05) is 41.1 Å². The van der Waals surface area contributed by atoms with Gasteiger partial charge in [0.15, 0.2) is 6.73 Å². The number of phosphoric ester groups is 1. The van der Waals surface area contributed by atoms with E-state index in [4.69, 9.17) is 33.0 Å². The Kier molecular flexibility index (Phi) is 7.68. The molecule has 41 heavy (non-hydrogen) atoms. The highest BCUT2D eigenvalue weighted by atomic mass is 35.5. The van der Waals surface area contributed by atoms with Gasteiger partial charge >= 0.3 is 7.82 Å². The van der Waals surface area contributed by atoms with Crippen molar-refractivity contribution < 1.29 is 32.1 Å². The van der Waals surface area contributed by atoms with Gasteiger partial charge in [0.25, 0.3) is 5.91 Å². The van der Waals surface area contributed by atoms with E-state index in [0.29, 0.717) is 38.2 Å². The van der Waals surface area contributed by atoms with Crippen molar-refractivity contribution in [1.29, 1.82) is 0 Å². The van der Waals surface area contributed by atoms with Gasteiger partial charge in [-0.1, -0.05) is 23.2 Å². The van der Waals surface area contributed by atoms with Crippen LogP contribution < -0.4 is 5.32 Å². The number of phosphoric acid groups is 1. The molecule has 5 aromatic rings.